The molecule has 1 atom stereocenters. The lowest BCUT2D eigenvalue weighted by Crippen LogP contribution is -2.41. The Kier molecular flexibility index (Phi) is 4.60. The number of rotatable bonds is 4. The first-order valence-electron chi connectivity index (χ1n) is 8.57. The van der Waals surface area contributed by atoms with Crippen molar-refractivity contribution in [3.8, 4) is 11.6 Å². The second-order valence-electron chi connectivity index (χ2n) is 6.22. The summed E-state index contributed by atoms with van der Waals surface area (Å²) in [6.07, 6.45) is 7.62. The number of aromatic hydroxyl groups is 1. The predicted octanol–water partition coefficient (Wildman–Crippen LogP) is 1.01. The Balaban J connectivity index is 1.47. The van der Waals surface area contributed by atoms with E-state index < -0.39 is 0 Å². The molecule has 3 aromatic heterocycles. The molecule has 0 bridgehead atoms. The summed E-state index contributed by atoms with van der Waals surface area (Å²) in [5, 5.41) is 16.6. The molecule has 0 spiro atoms. The van der Waals surface area contributed by atoms with Gasteiger partial charge < -0.3 is 15.3 Å². The smallest absolute Gasteiger partial charge is 0.230 e. The Labute approximate surface area is 154 Å². The van der Waals surface area contributed by atoms with E-state index in [1.54, 1.807) is 17.1 Å². The number of anilines is 2. The standard InChI is InChI=1S/C17H18N8O2/c26-13-4-1-5-19-16(13)23-17(27)12-3-2-6-24(8-12)14-7-15(21-10-20-14)25-11-18-9-22-25/h1,4-5,7,9-12,26H,2-3,6,8H2,(H,19,23,27). The maximum atomic E-state index is 12.6. The highest BCUT2D eigenvalue weighted by Gasteiger charge is 2.27. The first-order valence-corrected chi connectivity index (χ1v) is 8.57. The monoisotopic (exact) mass is 366 g/mol. The second-order valence-corrected chi connectivity index (χ2v) is 6.22. The molecule has 0 saturated carbocycles. The molecular formula is C17H18N8O2. The molecule has 0 aliphatic carbocycles. The minimum absolute atomic E-state index is 0.0493. The van der Waals surface area contributed by atoms with E-state index in [4.69, 9.17) is 0 Å². The molecule has 1 aliphatic heterocycles. The number of nitrogens with one attached hydrogen (secondary N) is 1. The molecule has 4 heterocycles. The lowest BCUT2D eigenvalue weighted by Gasteiger charge is -2.32. The number of nitrogens with zero attached hydrogens (tertiary/aromatic N) is 7. The number of aromatic nitrogens is 6. The van der Waals surface area contributed by atoms with Crippen molar-refractivity contribution in [2.75, 3.05) is 23.3 Å². The van der Waals surface area contributed by atoms with Gasteiger partial charge in [-0.2, -0.15) is 5.10 Å². The van der Waals surface area contributed by atoms with Gasteiger partial charge in [0.1, 0.15) is 24.8 Å². The van der Waals surface area contributed by atoms with Gasteiger partial charge in [-0.15, -0.1) is 0 Å². The van der Waals surface area contributed by atoms with E-state index in [1.165, 1.54) is 24.9 Å². The zero-order valence-electron chi connectivity index (χ0n) is 14.4. The minimum atomic E-state index is -0.232. The molecule has 4 rings (SSSR count). The van der Waals surface area contributed by atoms with Gasteiger partial charge >= 0.3 is 0 Å². The van der Waals surface area contributed by atoms with E-state index in [0.29, 0.717) is 12.4 Å². The molecule has 1 unspecified atom stereocenters. The van der Waals surface area contributed by atoms with Gasteiger partial charge in [-0.1, -0.05) is 0 Å². The molecule has 27 heavy (non-hydrogen) atoms. The number of pyridine rings is 1. The van der Waals surface area contributed by atoms with E-state index in [0.717, 1.165) is 25.2 Å². The van der Waals surface area contributed by atoms with Crippen LogP contribution in [-0.2, 0) is 4.79 Å². The van der Waals surface area contributed by atoms with Crippen LogP contribution in [0.5, 0.6) is 5.75 Å². The summed E-state index contributed by atoms with van der Waals surface area (Å²) >= 11 is 0. The number of carbonyl (C=O) groups is 1. The van der Waals surface area contributed by atoms with Gasteiger partial charge in [0.15, 0.2) is 17.4 Å². The number of piperidine rings is 1. The quantitative estimate of drug-likeness (QED) is 0.702. The van der Waals surface area contributed by atoms with Crippen molar-refractivity contribution in [1.82, 2.24) is 29.7 Å². The normalized spacial score (nSPS) is 16.9. The Bertz CT molecular complexity index is 930. The maximum Gasteiger partial charge on any atom is 0.230 e. The van der Waals surface area contributed by atoms with Crippen LogP contribution in [0.3, 0.4) is 0 Å². The molecule has 3 aromatic rings. The number of carbonyl (C=O) groups excluding carboxylic acids is 1. The molecule has 10 nitrogen and oxygen atoms in total. The molecule has 2 N–H and O–H groups in total. The third kappa shape index (κ3) is 3.68. The summed E-state index contributed by atoms with van der Waals surface area (Å²) in [6.45, 7) is 1.32. The largest absolute Gasteiger partial charge is 0.504 e. The highest BCUT2D eigenvalue weighted by molar-refractivity contribution is 5.93. The van der Waals surface area contributed by atoms with E-state index in [2.05, 4.69) is 30.4 Å². The summed E-state index contributed by atoms with van der Waals surface area (Å²) in [5.41, 5.74) is 0. The second kappa shape index (κ2) is 7.36. The molecular weight excluding hydrogens is 348 g/mol. The van der Waals surface area contributed by atoms with Crippen molar-refractivity contribution in [1.29, 1.82) is 0 Å². The van der Waals surface area contributed by atoms with Crippen LogP contribution in [0.1, 0.15) is 12.8 Å². The average Bonchev–Trinajstić information content (AvgIpc) is 3.25. The van der Waals surface area contributed by atoms with Crippen molar-refractivity contribution in [3.63, 3.8) is 0 Å². The van der Waals surface area contributed by atoms with Gasteiger partial charge in [0, 0.05) is 25.4 Å². The summed E-state index contributed by atoms with van der Waals surface area (Å²) < 4.78 is 1.56. The first-order chi connectivity index (χ1) is 13.2. The minimum Gasteiger partial charge on any atom is -0.504 e. The molecule has 0 aromatic carbocycles. The zero-order chi connectivity index (χ0) is 18.6. The Morgan fingerprint density at radius 3 is 2.93 bits per heavy atom. The van der Waals surface area contributed by atoms with E-state index in [1.807, 2.05) is 11.0 Å². The fourth-order valence-corrected chi connectivity index (χ4v) is 3.07. The summed E-state index contributed by atoms with van der Waals surface area (Å²) in [4.78, 5) is 31.1. The van der Waals surface area contributed by atoms with E-state index >= 15 is 0 Å². The maximum absolute atomic E-state index is 12.6. The molecule has 1 aliphatic rings. The summed E-state index contributed by atoms with van der Waals surface area (Å²) in [5.74, 6) is 1.07. The fraction of sp³-hybridized carbons (Fsp3) is 0.294. The fourth-order valence-electron chi connectivity index (χ4n) is 3.07. The third-order valence-electron chi connectivity index (χ3n) is 4.44. The molecule has 1 fully saturated rings. The van der Waals surface area contributed by atoms with E-state index in [9.17, 15) is 9.90 Å². The van der Waals surface area contributed by atoms with Gasteiger partial charge in [0.25, 0.3) is 0 Å². The molecule has 1 amide bonds. The predicted molar refractivity (Wildman–Crippen MR) is 96.4 cm³/mol. The van der Waals surface area contributed by atoms with Gasteiger partial charge in [-0.25, -0.2) is 24.6 Å². The molecule has 10 heteroatoms. The van der Waals surface area contributed by atoms with Crippen LogP contribution < -0.4 is 10.2 Å². The van der Waals surface area contributed by atoms with Crippen LogP contribution >= 0.6 is 0 Å². The van der Waals surface area contributed by atoms with Crippen molar-refractivity contribution >= 4 is 17.5 Å². The average molecular weight is 366 g/mol. The lowest BCUT2D eigenvalue weighted by molar-refractivity contribution is -0.120. The third-order valence-corrected chi connectivity index (χ3v) is 4.44. The van der Waals surface area contributed by atoms with Crippen LogP contribution in [-0.4, -0.2) is 53.8 Å². The van der Waals surface area contributed by atoms with Crippen molar-refractivity contribution < 1.29 is 9.90 Å². The van der Waals surface area contributed by atoms with Crippen LogP contribution in [0.2, 0.25) is 0 Å². The summed E-state index contributed by atoms with van der Waals surface area (Å²) in [7, 11) is 0. The highest BCUT2D eigenvalue weighted by Crippen LogP contribution is 2.25. The number of hydrogen-bond acceptors (Lipinski definition) is 8. The van der Waals surface area contributed by atoms with Gasteiger partial charge in [0.2, 0.25) is 5.91 Å². The van der Waals surface area contributed by atoms with Gasteiger partial charge in [0.05, 0.1) is 5.92 Å². The SMILES string of the molecule is O=C(Nc1ncccc1O)C1CCCN(c2cc(-n3cncn3)ncn2)C1. The Morgan fingerprint density at radius 1 is 1.22 bits per heavy atom. The van der Waals surface area contributed by atoms with Crippen LogP contribution in [0, 0.1) is 5.92 Å². The molecule has 138 valence electrons. The Morgan fingerprint density at radius 2 is 2.11 bits per heavy atom. The Hall–Kier alpha value is -3.56. The van der Waals surface area contributed by atoms with E-state index in [-0.39, 0.29) is 23.4 Å². The van der Waals surface area contributed by atoms with Crippen molar-refractivity contribution in [2.24, 2.45) is 5.92 Å². The zero-order valence-corrected chi connectivity index (χ0v) is 14.4. The van der Waals surface area contributed by atoms with Crippen LogP contribution in [0.4, 0.5) is 11.6 Å². The van der Waals surface area contributed by atoms with Crippen molar-refractivity contribution in [3.05, 3.63) is 43.4 Å². The van der Waals surface area contributed by atoms with Gasteiger partial charge in [-0.3, -0.25) is 4.79 Å². The van der Waals surface area contributed by atoms with Crippen molar-refractivity contribution in [2.45, 2.75) is 12.8 Å². The molecule has 1 saturated heterocycles. The first kappa shape index (κ1) is 16.9. The number of hydrogen-bond donors (Lipinski definition) is 2. The molecule has 0 radical (unpaired) electrons. The highest BCUT2D eigenvalue weighted by atomic mass is 16.3. The van der Waals surface area contributed by atoms with Crippen LogP contribution in [0.25, 0.3) is 5.82 Å². The van der Waals surface area contributed by atoms with Gasteiger partial charge in [-0.05, 0) is 25.0 Å². The topological polar surface area (TPSA) is 122 Å². The summed E-state index contributed by atoms with van der Waals surface area (Å²) in [6, 6.07) is 4.91. The van der Waals surface area contributed by atoms with Crippen LogP contribution in [0.15, 0.2) is 43.4 Å². The lowest BCUT2D eigenvalue weighted by atomic mass is 9.97. The number of amides is 1.